The lowest BCUT2D eigenvalue weighted by molar-refractivity contribution is 0.681. The minimum absolute atomic E-state index is 0.103. The van der Waals surface area contributed by atoms with Gasteiger partial charge in [0.2, 0.25) is 0 Å². The molecule has 20 heavy (non-hydrogen) atoms. The molecule has 0 amide bonds. The molecule has 3 heteroatoms. The smallest absolute Gasteiger partial charge is 0.0602 e. The van der Waals surface area contributed by atoms with E-state index < -0.39 is 0 Å². The summed E-state index contributed by atoms with van der Waals surface area (Å²) < 4.78 is 0. The largest absolute Gasteiger partial charge is 0.365 e. The Kier molecular flexibility index (Phi) is 3.70. The van der Waals surface area contributed by atoms with Crippen molar-refractivity contribution in [1.82, 2.24) is 4.98 Å². The first kappa shape index (κ1) is 13.1. The molecule has 3 rings (SSSR count). The summed E-state index contributed by atoms with van der Waals surface area (Å²) in [7, 11) is 0. The summed E-state index contributed by atoms with van der Waals surface area (Å²) in [6, 6.07) is 12.8. The fourth-order valence-corrected chi connectivity index (χ4v) is 2.83. The molecule has 0 spiro atoms. The maximum absolute atomic E-state index is 5.98. The summed E-state index contributed by atoms with van der Waals surface area (Å²) in [6.45, 7) is 4.02. The topological polar surface area (TPSA) is 42.1 Å². The Hall–Kier alpha value is -1.87. The summed E-state index contributed by atoms with van der Waals surface area (Å²) in [4.78, 5) is 6.85. The standard InChI is InChI=1S/C17H21N3/c1-13(18)14-7-8-17-15(11-14)5-4-10-20(17)12-16-6-2-3-9-19-16/h2-3,6-9,11,13H,4-5,10,12,18H2,1H3. The molecule has 0 aliphatic carbocycles. The van der Waals surface area contributed by atoms with E-state index >= 15 is 0 Å². The number of benzene rings is 1. The summed E-state index contributed by atoms with van der Waals surface area (Å²) in [6.07, 6.45) is 4.20. The van der Waals surface area contributed by atoms with Crippen LogP contribution in [0.5, 0.6) is 0 Å². The maximum atomic E-state index is 5.98. The average molecular weight is 267 g/mol. The van der Waals surface area contributed by atoms with Gasteiger partial charge in [-0.15, -0.1) is 0 Å². The normalized spacial score (nSPS) is 15.8. The van der Waals surface area contributed by atoms with E-state index in [0.717, 1.165) is 25.2 Å². The Morgan fingerprint density at radius 3 is 2.95 bits per heavy atom. The Balaban J connectivity index is 1.86. The molecule has 104 valence electrons. The molecule has 2 aromatic rings. The van der Waals surface area contributed by atoms with Crippen molar-refractivity contribution in [2.75, 3.05) is 11.4 Å². The molecule has 1 unspecified atom stereocenters. The predicted octanol–water partition coefficient (Wildman–Crippen LogP) is 3.05. The van der Waals surface area contributed by atoms with Crippen molar-refractivity contribution in [2.45, 2.75) is 32.4 Å². The van der Waals surface area contributed by atoms with Crippen molar-refractivity contribution in [3.8, 4) is 0 Å². The lowest BCUT2D eigenvalue weighted by atomic mass is 9.97. The van der Waals surface area contributed by atoms with Crippen LogP contribution in [0.1, 0.15) is 36.2 Å². The van der Waals surface area contributed by atoms with Crippen LogP contribution in [0.25, 0.3) is 0 Å². The van der Waals surface area contributed by atoms with Gasteiger partial charge in [0.25, 0.3) is 0 Å². The summed E-state index contributed by atoms with van der Waals surface area (Å²) in [5.74, 6) is 0. The highest BCUT2D eigenvalue weighted by Gasteiger charge is 2.18. The van der Waals surface area contributed by atoms with Crippen LogP contribution in [-0.4, -0.2) is 11.5 Å². The zero-order chi connectivity index (χ0) is 13.9. The monoisotopic (exact) mass is 267 g/mol. The van der Waals surface area contributed by atoms with Gasteiger partial charge in [-0.3, -0.25) is 4.98 Å². The maximum Gasteiger partial charge on any atom is 0.0602 e. The molecule has 1 aliphatic heterocycles. The number of rotatable bonds is 3. The number of nitrogens with zero attached hydrogens (tertiary/aromatic N) is 2. The number of pyridine rings is 1. The van der Waals surface area contributed by atoms with E-state index in [4.69, 9.17) is 5.73 Å². The highest BCUT2D eigenvalue weighted by molar-refractivity contribution is 5.57. The van der Waals surface area contributed by atoms with E-state index in [1.807, 2.05) is 25.3 Å². The van der Waals surface area contributed by atoms with E-state index in [1.54, 1.807) is 0 Å². The molecule has 1 aliphatic rings. The Morgan fingerprint density at radius 1 is 1.30 bits per heavy atom. The van der Waals surface area contributed by atoms with Gasteiger partial charge in [0.1, 0.15) is 0 Å². The first-order chi connectivity index (χ1) is 9.74. The fourth-order valence-electron chi connectivity index (χ4n) is 2.83. The summed E-state index contributed by atoms with van der Waals surface area (Å²) in [5, 5.41) is 0. The van der Waals surface area contributed by atoms with Crippen LogP contribution in [0.15, 0.2) is 42.6 Å². The minimum atomic E-state index is 0.103. The second-order valence-corrected chi connectivity index (χ2v) is 5.52. The number of aryl methyl sites for hydroxylation is 1. The SMILES string of the molecule is CC(N)c1ccc2c(c1)CCCN2Cc1ccccn1. The first-order valence-corrected chi connectivity index (χ1v) is 7.27. The number of nitrogens with two attached hydrogens (primary N) is 1. The first-order valence-electron chi connectivity index (χ1n) is 7.27. The predicted molar refractivity (Wildman–Crippen MR) is 82.7 cm³/mol. The van der Waals surface area contributed by atoms with Crippen LogP contribution in [0.3, 0.4) is 0 Å². The van der Waals surface area contributed by atoms with Crippen LogP contribution in [-0.2, 0) is 13.0 Å². The Morgan fingerprint density at radius 2 is 2.20 bits per heavy atom. The molecule has 2 N–H and O–H groups in total. The van der Waals surface area contributed by atoms with Crippen molar-refractivity contribution in [1.29, 1.82) is 0 Å². The lowest BCUT2D eigenvalue weighted by Crippen LogP contribution is -2.29. The minimum Gasteiger partial charge on any atom is -0.365 e. The van der Waals surface area contributed by atoms with Gasteiger partial charge < -0.3 is 10.6 Å². The van der Waals surface area contributed by atoms with Crippen LogP contribution in [0, 0.1) is 0 Å². The lowest BCUT2D eigenvalue weighted by Gasteiger charge is -2.31. The molecule has 0 bridgehead atoms. The van der Waals surface area contributed by atoms with E-state index in [9.17, 15) is 0 Å². The van der Waals surface area contributed by atoms with Gasteiger partial charge in [-0.05, 0) is 49.1 Å². The van der Waals surface area contributed by atoms with E-state index in [0.29, 0.717) is 0 Å². The van der Waals surface area contributed by atoms with Gasteiger partial charge in [0.05, 0.1) is 12.2 Å². The number of hydrogen-bond donors (Lipinski definition) is 1. The third-order valence-electron chi connectivity index (χ3n) is 3.92. The number of hydrogen-bond acceptors (Lipinski definition) is 3. The second-order valence-electron chi connectivity index (χ2n) is 5.52. The molecule has 2 heterocycles. The van der Waals surface area contributed by atoms with Gasteiger partial charge in [-0.1, -0.05) is 18.2 Å². The van der Waals surface area contributed by atoms with Crippen LogP contribution >= 0.6 is 0 Å². The highest BCUT2D eigenvalue weighted by atomic mass is 15.1. The molecular formula is C17H21N3. The number of aromatic nitrogens is 1. The van der Waals surface area contributed by atoms with Crippen LogP contribution in [0.2, 0.25) is 0 Å². The molecule has 1 aromatic carbocycles. The van der Waals surface area contributed by atoms with Crippen LogP contribution in [0.4, 0.5) is 5.69 Å². The van der Waals surface area contributed by atoms with Gasteiger partial charge in [-0.25, -0.2) is 0 Å². The summed E-state index contributed by atoms with van der Waals surface area (Å²) >= 11 is 0. The van der Waals surface area contributed by atoms with Crippen molar-refractivity contribution in [2.24, 2.45) is 5.73 Å². The molecule has 1 atom stereocenters. The molecule has 0 saturated carbocycles. The van der Waals surface area contributed by atoms with Crippen molar-refractivity contribution < 1.29 is 0 Å². The molecule has 3 nitrogen and oxygen atoms in total. The molecule has 1 aromatic heterocycles. The molecular weight excluding hydrogens is 246 g/mol. The Labute approximate surface area is 120 Å². The highest BCUT2D eigenvalue weighted by Crippen LogP contribution is 2.30. The molecule has 0 radical (unpaired) electrons. The number of anilines is 1. The van der Waals surface area contributed by atoms with Gasteiger partial charge >= 0.3 is 0 Å². The zero-order valence-electron chi connectivity index (χ0n) is 11.9. The van der Waals surface area contributed by atoms with E-state index in [2.05, 4.69) is 34.1 Å². The molecule has 0 fully saturated rings. The number of fused-ring (bicyclic) bond motifs is 1. The van der Waals surface area contributed by atoms with Crippen LogP contribution < -0.4 is 10.6 Å². The van der Waals surface area contributed by atoms with Crippen molar-refractivity contribution in [3.05, 3.63) is 59.4 Å². The van der Waals surface area contributed by atoms with E-state index in [1.165, 1.54) is 23.2 Å². The van der Waals surface area contributed by atoms with Gasteiger partial charge in [-0.2, -0.15) is 0 Å². The van der Waals surface area contributed by atoms with E-state index in [-0.39, 0.29) is 6.04 Å². The van der Waals surface area contributed by atoms with Gasteiger partial charge in [0.15, 0.2) is 0 Å². The zero-order valence-corrected chi connectivity index (χ0v) is 11.9. The fraction of sp³-hybridized carbons (Fsp3) is 0.353. The third-order valence-corrected chi connectivity index (χ3v) is 3.92. The second kappa shape index (κ2) is 5.63. The molecule has 0 saturated heterocycles. The Bertz CT molecular complexity index is 578. The van der Waals surface area contributed by atoms with Gasteiger partial charge in [0, 0.05) is 24.5 Å². The van der Waals surface area contributed by atoms with Crippen molar-refractivity contribution in [3.63, 3.8) is 0 Å². The van der Waals surface area contributed by atoms with Crippen molar-refractivity contribution >= 4 is 5.69 Å². The third kappa shape index (κ3) is 2.68. The summed E-state index contributed by atoms with van der Waals surface area (Å²) in [5.41, 5.74) is 11.1. The quantitative estimate of drug-likeness (QED) is 0.929. The average Bonchev–Trinajstić information content (AvgIpc) is 2.48.